The summed E-state index contributed by atoms with van der Waals surface area (Å²) in [4.78, 5) is 2.39. The third kappa shape index (κ3) is 2.34. The Morgan fingerprint density at radius 1 is 1.39 bits per heavy atom. The number of nitrogens with zero attached hydrogens (tertiary/aromatic N) is 2. The fourth-order valence-corrected chi connectivity index (χ4v) is 2.86. The van der Waals surface area contributed by atoms with Gasteiger partial charge >= 0.3 is 0 Å². The molecule has 1 atom stereocenters. The molecule has 1 aliphatic rings. The van der Waals surface area contributed by atoms with Crippen LogP contribution in [-0.4, -0.2) is 24.7 Å². The van der Waals surface area contributed by atoms with E-state index in [4.69, 9.17) is 0 Å². The Morgan fingerprint density at radius 3 is 2.83 bits per heavy atom. The summed E-state index contributed by atoms with van der Waals surface area (Å²) < 4.78 is 0. The van der Waals surface area contributed by atoms with Crippen LogP contribution in [0.2, 0.25) is 0 Å². The molecule has 1 aliphatic heterocycles. The highest BCUT2D eigenvalue weighted by Gasteiger charge is 2.33. The fraction of sp³-hybridized carbons (Fsp3) is 0.533. The van der Waals surface area contributed by atoms with Crippen LogP contribution in [0.1, 0.15) is 32.8 Å². The second-order valence-corrected chi connectivity index (χ2v) is 5.61. The van der Waals surface area contributed by atoms with Crippen molar-refractivity contribution in [3.8, 4) is 6.07 Å². The van der Waals surface area contributed by atoms with Crippen molar-refractivity contribution in [2.75, 3.05) is 18.0 Å². The third-order valence-corrected chi connectivity index (χ3v) is 3.73. The van der Waals surface area contributed by atoms with Gasteiger partial charge in [0.15, 0.2) is 0 Å². The summed E-state index contributed by atoms with van der Waals surface area (Å²) in [5.74, 6) is 0. The quantitative estimate of drug-likeness (QED) is 0.823. The Balaban J connectivity index is 2.48. The number of nitrogens with one attached hydrogen (secondary N) is 1. The molecule has 0 amide bonds. The Bertz CT molecular complexity index is 459. The van der Waals surface area contributed by atoms with Crippen molar-refractivity contribution in [1.82, 2.24) is 5.32 Å². The van der Waals surface area contributed by atoms with Gasteiger partial charge in [0, 0.05) is 18.1 Å². The summed E-state index contributed by atoms with van der Waals surface area (Å²) in [6, 6.07) is 10.6. The minimum absolute atomic E-state index is 0.0653. The van der Waals surface area contributed by atoms with Crippen LogP contribution < -0.4 is 10.2 Å². The lowest BCUT2D eigenvalue weighted by Crippen LogP contribution is -2.50. The van der Waals surface area contributed by atoms with Crippen LogP contribution in [0.3, 0.4) is 0 Å². The van der Waals surface area contributed by atoms with Crippen LogP contribution >= 0.6 is 0 Å². The van der Waals surface area contributed by atoms with Gasteiger partial charge in [-0.05, 0) is 45.9 Å². The molecule has 1 unspecified atom stereocenters. The molecule has 0 radical (unpaired) electrons. The third-order valence-electron chi connectivity index (χ3n) is 3.73. The maximum atomic E-state index is 9.28. The number of hydrogen-bond acceptors (Lipinski definition) is 3. The van der Waals surface area contributed by atoms with E-state index in [1.165, 1.54) is 0 Å². The highest BCUT2D eigenvalue weighted by atomic mass is 15.2. The highest BCUT2D eigenvalue weighted by Crippen LogP contribution is 2.32. The van der Waals surface area contributed by atoms with Gasteiger partial charge in [-0.3, -0.25) is 0 Å². The van der Waals surface area contributed by atoms with Gasteiger partial charge in [-0.2, -0.15) is 5.26 Å². The fourth-order valence-electron chi connectivity index (χ4n) is 2.86. The lowest BCUT2D eigenvalue weighted by molar-refractivity contribution is 0.426. The summed E-state index contributed by atoms with van der Waals surface area (Å²) in [5, 5.41) is 12.7. The molecule has 3 heteroatoms. The summed E-state index contributed by atoms with van der Waals surface area (Å²) in [6.45, 7) is 8.72. The van der Waals surface area contributed by atoms with E-state index < -0.39 is 0 Å². The average molecular weight is 243 g/mol. The molecule has 1 N–H and O–H groups in total. The first-order valence-electron chi connectivity index (χ1n) is 6.55. The molecule has 18 heavy (non-hydrogen) atoms. The molecular weight excluding hydrogens is 222 g/mol. The number of hydrogen-bond donors (Lipinski definition) is 1. The molecule has 0 bridgehead atoms. The average Bonchev–Trinajstić information content (AvgIpc) is 2.47. The van der Waals surface area contributed by atoms with Gasteiger partial charge in [-0.1, -0.05) is 12.1 Å². The zero-order chi connectivity index (χ0) is 13.2. The Morgan fingerprint density at radius 2 is 2.11 bits per heavy atom. The highest BCUT2D eigenvalue weighted by molar-refractivity contribution is 5.61. The van der Waals surface area contributed by atoms with Crippen LogP contribution in [0.15, 0.2) is 24.3 Å². The summed E-state index contributed by atoms with van der Waals surface area (Å²) in [5.41, 5.74) is 1.89. The van der Waals surface area contributed by atoms with Gasteiger partial charge in [-0.15, -0.1) is 0 Å². The van der Waals surface area contributed by atoms with E-state index in [2.05, 4.69) is 43.1 Å². The number of benzene rings is 1. The van der Waals surface area contributed by atoms with E-state index in [0.29, 0.717) is 6.04 Å². The van der Waals surface area contributed by atoms with Gasteiger partial charge < -0.3 is 10.2 Å². The molecule has 2 rings (SSSR count). The topological polar surface area (TPSA) is 39.1 Å². The smallest absolute Gasteiger partial charge is 0.101 e. The zero-order valence-electron chi connectivity index (χ0n) is 11.4. The summed E-state index contributed by atoms with van der Waals surface area (Å²) in [7, 11) is 0. The van der Waals surface area contributed by atoms with Gasteiger partial charge in [-0.25, -0.2) is 0 Å². The maximum absolute atomic E-state index is 9.28. The first kappa shape index (κ1) is 12.9. The molecule has 1 aromatic rings. The van der Waals surface area contributed by atoms with Crippen molar-refractivity contribution in [2.24, 2.45) is 0 Å². The predicted molar refractivity (Wildman–Crippen MR) is 74.7 cm³/mol. The standard InChI is InChI=1S/C15H21N3/c1-12-11-17-9-8-15(2,3)18(12)14-7-5-4-6-13(14)10-16/h4-7,12,17H,8-9,11H2,1-3H3. The number of para-hydroxylation sites is 1. The van der Waals surface area contributed by atoms with Crippen molar-refractivity contribution >= 4 is 5.69 Å². The first-order valence-corrected chi connectivity index (χ1v) is 6.55. The molecular formula is C15H21N3. The van der Waals surface area contributed by atoms with Crippen molar-refractivity contribution in [2.45, 2.75) is 38.8 Å². The molecule has 0 spiro atoms. The van der Waals surface area contributed by atoms with Gasteiger partial charge in [0.1, 0.15) is 6.07 Å². The molecule has 1 fully saturated rings. The van der Waals surface area contributed by atoms with E-state index in [0.717, 1.165) is 30.8 Å². The van der Waals surface area contributed by atoms with E-state index in [9.17, 15) is 5.26 Å². The molecule has 1 saturated heterocycles. The Hall–Kier alpha value is -1.53. The van der Waals surface area contributed by atoms with Crippen LogP contribution in [0, 0.1) is 11.3 Å². The number of rotatable bonds is 1. The van der Waals surface area contributed by atoms with Crippen molar-refractivity contribution in [3.05, 3.63) is 29.8 Å². The summed E-state index contributed by atoms with van der Waals surface area (Å²) in [6.07, 6.45) is 1.08. The van der Waals surface area contributed by atoms with Gasteiger partial charge in [0.05, 0.1) is 11.3 Å². The SMILES string of the molecule is CC1CNCCC(C)(C)N1c1ccccc1C#N. The molecule has 96 valence electrons. The lowest BCUT2D eigenvalue weighted by atomic mass is 9.95. The Labute approximate surface area is 109 Å². The molecule has 0 aromatic heterocycles. The Kier molecular flexibility index (Phi) is 3.58. The molecule has 1 heterocycles. The normalized spacial score (nSPS) is 23.2. The predicted octanol–water partition coefficient (Wildman–Crippen LogP) is 2.53. The number of nitriles is 1. The second-order valence-electron chi connectivity index (χ2n) is 5.61. The largest absolute Gasteiger partial charge is 0.361 e. The second kappa shape index (κ2) is 4.99. The van der Waals surface area contributed by atoms with E-state index in [1.807, 2.05) is 18.2 Å². The van der Waals surface area contributed by atoms with E-state index >= 15 is 0 Å². The first-order chi connectivity index (χ1) is 8.56. The van der Waals surface area contributed by atoms with E-state index in [-0.39, 0.29) is 5.54 Å². The maximum Gasteiger partial charge on any atom is 0.101 e. The monoisotopic (exact) mass is 243 g/mol. The van der Waals surface area contributed by atoms with Crippen molar-refractivity contribution in [1.29, 1.82) is 5.26 Å². The van der Waals surface area contributed by atoms with Crippen LogP contribution in [0.5, 0.6) is 0 Å². The number of anilines is 1. The minimum Gasteiger partial charge on any atom is -0.361 e. The minimum atomic E-state index is 0.0653. The van der Waals surface area contributed by atoms with Gasteiger partial charge in [0.2, 0.25) is 0 Å². The molecule has 0 aliphatic carbocycles. The van der Waals surface area contributed by atoms with Crippen molar-refractivity contribution in [3.63, 3.8) is 0 Å². The molecule has 1 aromatic carbocycles. The van der Waals surface area contributed by atoms with Crippen LogP contribution in [-0.2, 0) is 0 Å². The van der Waals surface area contributed by atoms with Crippen LogP contribution in [0.25, 0.3) is 0 Å². The summed E-state index contributed by atoms with van der Waals surface area (Å²) >= 11 is 0. The van der Waals surface area contributed by atoms with Crippen molar-refractivity contribution < 1.29 is 0 Å². The lowest BCUT2D eigenvalue weighted by Gasteiger charge is -2.43. The zero-order valence-corrected chi connectivity index (χ0v) is 11.4. The van der Waals surface area contributed by atoms with E-state index in [1.54, 1.807) is 0 Å². The molecule has 3 nitrogen and oxygen atoms in total. The molecule has 0 saturated carbocycles. The van der Waals surface area contributed by atoms with Crippen LogP contribution in [0.4, 0.5) is 5.69 Å². The van der Waals surface area contributed by atoms with Gasteiger partial charge in [0.25, 0.3) is 0 Å².